The molecule has 1 heterocycles. The molecule has 0 aliphatic carbocycles. The molecular formula is C14H27N3O2. The van der Waals surface area contributed by atoms with Gasteiger partial charge >= 0.3 is 0 Å². The van der Waals surface area contributed by atoms with Crippen LogP contribution in [0.5, 0.6) is 0 Å². The molecule has 2 atom stereocenters. The fraction of sp³-hybridized carbons (Fsp3) is 0.857. The van der Waals surface area contributed by atoms with Crippen LogP contribution in [0.25, 0.3) is 0 Å². The van der Waals surface area contributed by atoms with Crippen LogP contribution in [0.2, 0.25) is 0 Å². The largest absolute Gasteiger partial charge is 0.357 e. The minimum absolute atomic E-state index is 0.00264. The van der Waals surface area contributed by atoms with Crippen LogP contribution in [-0.4, -0.2) is 42.4 Å². The smallest absolute Gasteiger partial charge is 0.242 e. The molecule has 0 radical (unpaired) electrons. The molecule has 19 heavy (non-hydrogen) atoms. The number of carbonyl (C=O) groups excluding carboxylic acids is 2. The lowest BCUT2D eigenvalue weighted by Gasteiger charge is -2.27. The predicted octanol–water partition coefficient (Wildman–Crippen LogP) is 0.877. The zero-order valence-corrected chi connectivity index (χ0v) is 12.5. The highest BCUT2D eigenvalue weighted by Gasteiger charge is 2.34. The van der Waals surface area contributed by atoms with Gasteiger partial charge in [0.15, 0.2) is 0 Å². The second-order valence-corrected chi connectivity index (χ2v) is 6.59. The van der Waals surface area contributed by atoms with E-state index in [9.17, 15) is 9.59 Å². The van der Waals surface area contributed by atoms with E-state index < -0.39 is 0 Å². The van der Waals surface area contributed by atoms with Gasteiger partial charge in [-0.15, -0.1) is 0 Å². The fourth-order valence-electron chi connectivity index (χ4n) is 2.70. The van der Waals surface area contributed by atoms with Crippen LogP contribution < -0.4 is 11.1 Å². The highest BCUT2D eigenvalue weighted by Crippen LogP contribution is 2.23. The zero-order chi connectivity index (χ0) is 14.6. The SMILES string of the molecule is CNC(=O)C1CCCN1C(=O)CC(N)CC(C)(C)C. The molecule has 0 spiro atoms. The predicted molar refractivity (Wildman–Crippen MR) is 75.5 cm³/mol. The minimum atomic E-state index is -0.306. The average Bonchev–Trinajstić information content (AvgIpc) is 2.73. The van der Waals surface area contributed by atoms with Crippen molar-refractivity contribution in [3.8, 4) is 0 Å². The van der Waals surface area contributed by atoms with E-state index in [4.69, 9.17) is 5.73 Å². The van der Waals surface area contributed by atoms with Gasteiger partial charge in [0.05, 0.1) is 0 Å². The second-order valence-electron chi connectivity index (χ2n) is 6.59. The molecule has 2 unspecified atom stereocenters. The normalized spacial score (nSPS) is 21.3. The third-order valence-electron chi connectivity index (χ3n) is 3.43. The van der Waals surface area contributed by atoms with Crippen LogP contribution in [-0.2, 0) is 9.59 Å². The van der Waals surface area contributed by atoms with Gasteiger partial charge in [-0.3, -0.25) is 9.59 Å². The fourth-order valence-corrected chi connectivity index (χ4v) is 2.70. The summed E-state index contributed by atoms with van der Waals surface area (Å²) in [4.78, 5) is 25.6. The first-order valence-corrected chi connectivity index (χ1v) is 7.01. The lowest BCUT2D eigenvalue weighted by atomic mass is 9.87. The van der Waals surface area contributed by atoms with E-state index in [2.05, 4.69) is 26.1 Å². The molecule has 1 rings (SSSR count). The van der Waals surface area contributed by atoms with Crippen molar-refractivity contribution in [3.63, 3.8) is 0 Å². The van der Waals surface area contributed by atoms with Crippen LogP contribution in [0.4, 0.5) is 0 Å². The minimum Gasteiger partial charge on any atom is -0.357 e. The summed E-state index contributed by atoms with van der Waals surface area (Å²) in [6.07, 6.45) is 2.76. The lowest BCUT2D eigenvalue weighted by molar-refractivity contribution is -0.138. The molecule has 0 aromatic heterocycles. The third kappa shape index (κ3) is 4.82. The maximum atomic E-state index is 12.2. The molecule has 5 nitrogen and oxygen atoms in total. The number of rotatable bonds is 4. The van der Waals surface area contributed by atoms with E-state index >= 15 is 0 Å². The Morgan fingerprint density at radius 3 is 2.58 bits per heavy atom. The summed E-state index contributed by atoms with van der Waals surface area (Å²) < 4.78 is 0. The summed E-state index contributed by atoms with van der Waals surface area (Å²) in [5.41, 5.74) is 6.15. The molecule has 0 aromatic carbocycles. The molecule has 1 saturated heterocycles. The van der Waals surface area contributed by atoms with Gasteiger partial charge in [0, 0.05) is 26.1 Å². The van der Waals surface area contributed by atoms with Gasteiger partial charge in [0.25, 0.3) is 0 Å². The van der Waals surface area contributed by atoms with Gasteiger partial charge in [-0.25, -0.2) is 0 Å². The topological polar surface area (TPSA) is 75.4 Å². The van der Waals surface area contributed by atoms with E-state index in [0.717, 1.165) is 19.3 Å². The van der Waals surface area contributed by atoms with Crippen molar-refractivity contribution in [2.75, 3.05) is 13.6 Å². The third-order valence-corrected chi connectivity index (χ3v) is 3.43. The first-order valence-electron chi connectivity index (χ1n) is 7.01. The summed E-state index contributed by atoms with van der Waals surface area (Å²) in [7, 11) is 1.61. The number of likely N-dealkylation sites (N-methyl/N-ethyl adjacent to an activating group) is 1. The molecule has 0 bridgehead atoms. The molecule has 1 fully saturated rings. The molecule has 3 N–H and O–H groups in total. The number of hydrogen-bond acceptors (Lipinski definition) is 3. The number of nitrogens with one attached hydrogen (secondary N) is 1. The molecule has 2 amide bonds. The van der Waals surface area contributed by atoms with E-state index in [-0.39, 0.29) is 29.3 Å². The van der Waals surface area contributed by atoms with Crippen molar-refractivity contribution in [2.45, 2.75) is 58.5 Å². The maximum absolute atomic E-state index is 12.2. The summed E-state index contributed by atoms with van der Waals surface area (Å²) >= 11 is 0. The summed E-state index contributed by atoms with van der Waals surface area (Å²) in [6.45, 7) is 7.00. The Kier molecular flexibility index (Phi) is 5.35. The summed E-state index contributed by atoms with van der Waals surface area (Å²) in [5, 5.41) is 2.62. The molecule has 1 aliphatic heterocycles. The average molecular weight is 269 g/mol. The Hall–Kier alpha value is -1.10. The maximum Gasteiger partial charge on any atom is 0.242 e. The Balaban J connectivity index is 2.55. The van der Waals surface area contributed by atoms with Crippen molar-refractivity contribution in [1.29, 1.82) is 0 Å². The Morgan fingerprint density at radius 1 is 1.42 bits per heavy atom. The zero-order valence-electron chi connectivity index (χ0n) is 12.5. The molecule has 5 heteroatoms. The molecular weight excluding hydrogens is 242 g/mol. The van der Waals surface area contributed by atoms with Crippen LogP contribution in [0.3, 0.4) is 0 Å². The molecule has 0 saturated carbocycles. The van der Waals surface area contributed by atoms with Crippen molar-refractivity contribution in [1.82, 2.24) is 10.2 Å². The van der Waals surface area contributed by atoms with Crippen LogP contribution in [0.15, 0.2) is 0 Å². The first-order chi connectivity index (χ1) is 8.74. The quantitative estimate of drug-likeness (QED) is 0.795. The van der Waals surface area contributed by atoms with Crippen molar-refractivity contribution in [2.24, 2.45) is 11.1 Å². The van der Waals surface area contributed by atoms with E-state index in [0.29, 0.717) is 13.0 Å². The number of nitrogens with zero attached hydrogens (tertiary/aromatic N) is 1. The van der Waals surface area contributed by atoms with Gasteiger partial charge in [0.1, 0.15) is 6.04 Å². The number of hydrogen-bond donors (Lipinski definition) is 2. The molecule has 0 aromatic rings. The first kappa shape index (κ1) is 16.0. The van der Waals surface area contributed by atoms with Crippen LogP contribution in [0.1, 0.15) is 46.5 Å². The Morgan fingerprint density at radius 2 is 2.05 bits per heavy atom. The van der Waals surface area contributed by atoms with Crippen molar-refractivity contribution < 1.29 is 9.59 Å². The highest BCUT2D eigenvalue weighted by molar-refractivity contribution is 5.88. The lowest BCUT2D eigenvalue weighted by Crippen LogP contribution is -2.46. The van der Waals surface area contributed by atoms with Gasteiger partial charge in [-0.1, -0.05) is 20.8 Å². The van der Waals surface area contributed by atoms with Crippen molar-refractivity contribution >= 4 is 11.8 Å². The van der Waals surface area contributed by atoms with Gasteiger partial charge in [0.2, 0.25) is 11.8 Å². The van der Waals surface area contributed by atoms with Gasteiger partial charge < -0.3 is 16.0 Å². The van der Waals surface area contributed by atoms with Crippen molar-refractivity contribution in [3.05, 3.63) is 0 Å². The second kappa shape index (κ2) is 6.37. The monoisotopic (exact) mass is 269 g/mol. The Labute approximate surface area is 115 Å². The highest BCUT2D eigenvalue weighted by atomic mass is 16.2. The van der Waals surface area contributed by atoms with E-state index in [1.165, 1.54) is 0 Å². The summed E-state index contributed by atoms with van der Waals surface area (Å²) in [6, 6.07) is -0.447. The van der Waals surface area contributed by atoms with E-state index in [1.807, 2.05) is 0 Å². The molecule has 1 aliphatic rings. The number of amides is 2. The van der Waals surface area contributed by atoms with Gasteiger partial charge in [-0.2, -0.15) is 0 Å². The standard InChI is InChI=1S/C14H27N3O2/c1-14(2,3)9-10(15)8-12(18)17-7-5-6-11(17)13(19)16-4/h10-11H,5-9,15H2,1-4H3,(H,16,19). The number of likely N-dealkylation sites (tertiary alicyclic amines) is 1. The number of carbonyl (C=O) groups is 2. The number of nitrogens with two attached hydrogens (primary N) is 1. The van der Waals surface area contributed by atoms with E-state index in [1.54, 1.807) is 11.9 Å². The van der Waals surface area contributed by atoms with Crippen LogP contribution in [0, 0.1) is 5.41 Å². The molecule has 110 valence electrons. The van der Waals surface area contributed by atoms with Crippen LogP contribution >= 0.6 is 0 Å². The Bertz CT molecular complexity index is 336. The summed E-state index contributed by atoms with van der Waals surface area (Å²) in [5.74, 6) is -0.0712. The van der Waals surface area contributed by atoms with Gasteiger partial charge in [-0.05, 0) is 24.7 Å².